The highest BCUT2D eigenvalue weighted by Gasteiger charge is 2.48. The number of hydrogen-bond donors (Lipinski definition) is 2. The monoisotopic (exact) mass is 263 g/mol. The normalized spacial score (nSPS) is 24.4. The highest BCUT2D eigenvalue weighted by Crippen LogP contribution is 2.45. The van der Waals surface area contributed by atoms with E-state index >= 15 is 0 Å². The number of aliphatic hydroxyl groups excluding tert-OH is 1. The fraction of sp³-hybridized carbons (Fsp3) is 0.533. The number of nitrogens with one attached hydrogen (secondary N) is 1. The van der Waals surface area contributed by atoms with E-state index in [2.05, 4.69) is 19.2 Å². The van der Waals surface area contributed by atoms with E-state index in [1.54, 1.807) is 0 Å². The lowest BCUT2D eigenvalue weighted by molar-refractivity contribution is -0.0224. The second-order valence-electron chi connectivity index (χ2n) is 5.70. The van der Waals surface area contributed by atoms with Crippen LogP contribution in [0, 0.1) is 11.3 Å². The van der Waals surface area contributed by atoms with Crippen molar-refractivity contribution >= 4 is 6.09 Å². The van der Waals surface area contributed by atoms with Gasteiger partial charge in [0, 0.05) is 12.6 Å². The summed E-state index contributed by atoms with van der Waals surface area (Å²) in [6.45, 7) is 4.56. The Kier molecular flexibility index (Phi) is 4.10. The van der Waals surface area contributed by atoms with Crippen LogP contribution in [0.1, 0.15) is 25.8 Å². The van der Waals surface area contributed by atoms with E-state index in [9.17, 15) is 9.90 Å². The number of carbonyl (C=O) groups excluding carboxylic acids is 1. The topological polar surface area (TPSA) is 58.6 Å². The Morgan fingerprint density at radius 1 is 1.42 bits per heavy atom. The zero-order valence-corrected chi connectivity index (χ0v) is 11.4. The van der Waals surface area contributed by atoms with Gasteiger partial charge in [-0.25, -0.2) is 4.79 Å². The van der Waals surface area contributed by atoms with Crippen molar-refractivity contribution in [1.29, 1.82) is 0 Å². The molecule has 0 unspecified atom stereocenters. The maximum absolute atomic E-state index is 11.7. The van der Waals surface area contributed by atoms with Crippen molar-refractivity contribution in [3.63, 3.8) is 0 Å². The van der Waals surface area contributed by atoms with Crippen LogP contribution in [0.4, 0.5) is 4.79 Å². The SMILES string of the molecule is CC1(C)[C@@H](CO)C[C@H]1NC(=O)OCc1ccccc1. The molecule has 2 N–H and O–H groups in total. The molecule has 4 heteroatoms. The van der Waals surface area contributed by atoms with Crippen LogP contribution >= 0.6 is 0 Å². The highest BCUT2D eigenvalue weighted by atomic mass is 16.5. The molecule has 2 atom stereocenters. The summed E-state index contributed by atoms with van der Waals surface area (Å²) in [5.41, 5.74) is 0.902. The molecule has 4 nitrogen and oxygen atoms in total. The zero-order chi connectivity index (χ0) is 13.9. The third kappa shape index (κ3) is 3.07. The molecule has 0 bridgehead atoms. The van der Waals surface area contributed by atoms with Crippen LogP contribution in [0.3, 0.4) is 0 Å². The molecular weight excluding hydrogens is 242 g/mol. The molecule has 104 valence electrons. The van der Waals surface area contributed by atoms with Gasteiger partial charge in [0.05, 0.1) is 0 Å². The van der Waals surface area contributed by atoms with Gasteiger partial charge in [-0.05, 0) is 23.3 Å². The third-order valence-electron chi connectivity index (χ3n) is 4.20. The minimum Gasteiger partial charge on any atom is -0.445 e. The van der Waals surface area contributed by atoms with Crippen LogP contribution in [0.25, 0.3) is 0 Å². The van der Waals surface area contributed by atoms with Crippen molar-refractivity contribution in [3.05, 3.63) is 35.9 Å². The molecule has 0 spiro atoms. The molecular formula is C15H21NO3. The second-order valence-corrected chi connectivity index (χ2v) is 5.70. The van der Waals surface area contributed by atoms with Crippen LogP contribution in [-0.4, -0.2) is 23.8 Å². The predicted molar refractivity (Wildman–Crippen MR) is 72.5 cm³/mol. The van der Waals surface area contributed by atoms with E-state index in [0.29, 0.717) is 0 Å². The van der Waals surface area contributed by atoms with E-state index < -0.39 is 6.09 Å². The summed E-state index contributed by atoms with van der Waals surface area (Å²) in [5.74, 6) is 0.256. The number of carbonyl (C=O) groups is 1. The maximum Gasteiger partial charge on any atom is 0.407 e. The first-order valence-corrected chi connectivity index (χ1v) is 6.62. The molecule has 0 heterocycles. The van der Waals surface area contributed by atoms with E-state index in [0.717, 1.165) is 12.0 Å². The molecule has 1 aromatic rings. The summed E-state index contributed by atoms with van der Waals surface area (Å²) in [6.07, 6.45) is 0.419. The van der Waals surface area contributed by atoms with Crippen LogP contribution in [0.2, 0.25) is 0 Å². The first kappa shape index (κ1) is 13.9. The van der Waals surface area contributed by atoms with Gasteiger partial charge >= 0.3 is 6.09 Å². The van der Waals surface area contributed by atoms with Crippen molar-refractivity contribution in [3.8, 4) is 0 Å². The largest absolute Gasteiger partial charge is 0.445 e. The van der Waals surface area contributed by atoms with E-state index in [1.165, 1.54) is 0 Å². The Morgan fingerprint density at radius 3 is 2.68 bits per heavy atom. The van der Waals surface area contributed by atoms with Crippen molar-refractivity contribution in [1.82, 2.24) is 5.32 Å². The van der Waals surface area contributed by atoms with E-state index in [-0.39, 0.29) is 30.6 Å². The predicted octanol–water partition coefficient (Wildman–Crippen LogP) is 2.32. The summed E-state index contributed by atoms with van der Waals surface area (Å²) in [5, 5.41) is 12.1. The van der Waals surface area contributed by atoms with Gasteiger partial charge in [-0.3, -0.25) is 0 Å². The van der Waals surface area contributed by atoms with Crippen molar-refractivity contribution in [2.24, 2.45) is 11.3 Å². The summed E-state index contributed by atoms with van der Waals surface area (Å²) in [4.78, 5) is 11.7. The van der Waals surface area contributed by atoms with E-state index in [1.807, 2.05) is 30.3 Å². The average molecular weight is 263 g/mol. The van der Waals surface area contributed by atoms with Gasteiger partial charge in [-0.2, -0.15) is 0 Å². The molecule has 1 saturated carbocycles. The molecule has 0 aromatic heterocycles. The highest BCUT2D eigenvalue weighted by molar-refractivity contribution is 5.68. The van der Waals surface area contributed by atoms with Gasteiger partial charge in [0.15, 0.2) is 0 Å². The van der Waals surface area contributed by atoms with Crippen LogP contribution in [0.15, 0.2) is 30.3 Å². The molecule has 1 aromatic carbocycles. The van der Waals surface area contributed by atoms with Crippen LogP contribution in [-0.2, 0) is 11.3 Å². The lowest BCUT2D eigenvalue weighted by Gasteiger charge is -2.51. The Balaban J connectivity index is 1.77. The summed E-state index contributed by atoms with van der Waals surface area (Å²) in [7, 11) is 0. The fourth-order valence-electron chi connectivity index (χ4n) is 2.48. The third-order valence-corrected chi connectivity index (χ3v) is 4.20. The van der Waals surface area contributed by atoms with Crippen molar-refractivity contribution < 1.29 is 14.6 Å². The number of benzene rings is 1. The molecule has 0 radical (unpaired) electrons. The van der Waals surface area contributed by atoms with Gasteiger partial charge < -0.3 is 15.2 Å². The smallest absolute Gasteiger partial charge is 0.407 e. The first-order chi connectivity index (χ1) is 9.04. The number of amides is 1. The summed E-state index contributed by atoms with van der Waals surface area (Å²) >= 11 is 0. The minimum atomic E-state index is -0.390. The standard InChI is InChI=1S/C15H21NO3/c1-15(2)12(9-17)8-13(15)16-14(18)19-10-11-6-4-3-5-7-11/h3-7,12-13,17H,8-10H2,1-2H3,(H,16,18)/t12-,13-/m1/s1. The molecule has 1 aliphatic rings. The Hall–Kier alpha value is -1.55. The molecule has 2 rings (SSSR count). The molecule has 1 amide bonds. The molecule has 19 heavy (non-hydrogen) atoms. The lowest BCUT2D eigenvalue weighted by atomic mass is 9.59. The molecule has 0 aliphatic heterocycles. The van der Waals surface area contributed by atoms with Gasteiger partial charge in [-0.1, -0.05) is 44.2 Å². The van der Waals surface area contributed by atoms with Crippen LogP contribution < -0.4 is 5.32 Å². The Labute approximate surface area is 113 Å². The van der Waals surface area contributed by atoms with Crippen LogP contribution in [0.5, 0.6) is 0 Å². The van der Waals surface area contributed by atoms with Gasteiger partial charge in [0.2, 0.25) is 0 Å². The minimum absolute atomic E-state index is 0.0689. The average Bonchev–Trinajstić information content (AvgIpc) is 2.42. The Bertz CT molecular complexity index is 430. The number of aliphatic hydroxyl groups is 1. The summed E-state index contributed by atoms with van der Waals surface area (Å²) in [6, 6.07) is 9.67. The van der Waals surface area contributed by atoms with Crippen molar-refractivity contribution in [2.75, 3.05) is 6.61 Å². The van der Waals surface area contributed by atoms with E-state index in [4.69, 9.17) is 4.74 Å². The maximum atomic E-state index is 11.7. The number of alkyl carbamates (subject to hydrolysis) is 1. The first-order valence-electron chi connectivity index (χ1n) is 6.62. The zero-order valence-electron chi connectivity index (χ0n) is 11.4. The number of ether oxygens (including phenoxy) is 1. The van der Waals surface area contributed by atoms with Crippen molar-refractivity contribution in [2.45, 2.75) is 32.9 Å². The molecule has 1 aliphatic carbocycles. The summed E-state index contributed by atoms with van der Waals surface area (Å²) < 4.78 is 5.18. The lowest BCUT2D eigenvalue weighted by Crippen LogP contribution is -2.59. The molecule has 0 saturated heterocycles. The van der Waals surface area contributed by atoms with Gasteiger partial charge in [-0.15, -0.1) is 0 Å². The fourth-order valence-corrected chi connectivity index (χ4v) is 2.48. The Morgan fingerprint density at radius 2 is 2.11 bits per heavy atom. The second kappa shape index (κ2) is 5.61. The van der Waals surface area contributed by atoms with Gasteiger partial charge in [0.25, 0.3) is 0 Å². The van der Waals surface area contributed by atoms with Gasteiger partial charge in [0.1, 0.15) is 6.61 Å². The molecule has 1 fully saturated rings. The quantitative estimate of drug-likeness (QED) is 0.876. The number of rotatable bonds is 4. The number of hydrogen-bond acceptors (Lipinski definition) is 3.